The lowest BCUT2D eigenvalue weighted by Crippen LogP contribution is -2.42. The molecule has 0 aliphatic heterocycles. The van der Waals surface area contributed by atoms with Gasteiger partial charge in [-0.15, -0.1) is 0 Å². The summed E-state index contributed by atoms with van der Waals surface area (Å²) in [6.45, 7) is 0. The topological polar surface area (TPSA) is 38.3 Å². The Hall–Kier alpha value is -1.35. The number of rotatable bonds is 4. The average molecular weight is 259 g/mol. The molecule has 0 heterocycles. The largest absolute Gasteiger partial charge is 0.468 e. The number of methoxy groups -OCH3 is 1. The predicted octanol–water partition coefficient (Wildman–Crippen LogP) is 2.61. The van der Waals surface area contributed by atoms with Crippen LogP contribution >= 0.6 is 0 Å². The van der Waals surface area contributed by atoms with E-state index in [0.717, 1.165) is 25.7 Å². The summed E-state index contributed by atoms with van der Waals surface area (Å²) in [6, 6.07) is 8.75. The quantitative estimate of drug-likeness (QED) is 0.845. The molecule has 3 rings (SSSR count). The van der Waals surface area contributed by atoms with Crippen LogP contribution in [0.5, 0.6) is 0 Å². The van der Waals surface area contributed by atoms with Gasteiger partial charge in [-0.3, -0.25) is 10.1 Å². The molecular formula is C16H21NO2. The molecule has 1 aromatic rings. The maximum absolute atomic E-state index is 11.9. The van der Waals surface area contributed by atoms with E-state index >= 15 is 0 Å². The lowest BCUT2D eigenvalue weighted by molar-refractivity contribution is -0.144. The molecule has 0 spiro atoms. The number of aryl methyl sites for hydroxylation is 1. The van der Waals surface area contributed by atoms with Crippen LogP contribution in [-0.2, 0) is 16.0 Å². The van der Waals surface area contributed by atoms with Gasteiger partial charge >= 0.3 is 5.97 Å². The molecule has 0 saturated heterocycles. The molecule has 1 fully saturated rings. The molecule has 1 saturated carbocycles. The van der Waals surface area contributed by atoms with Crippen molar-refractivity contribution in [3.05, 3.63) is 35.4 Å². The van der Waals surface area contributed by atoms with E-state index in [-0.39, 0.29) is 12.0 Å². The van der Waals surface area contributed by atoms with Crippen LogP contribution in [0.3, 0.4) is 0 Å². The van der Waals surface area contributed by atoms with E-state index in [1.165, 1.54) is 24.7 Å². The molecule has 19 heavy (non-hydrogen) atoms. The summed E-state index contributed by atoms with van der Waals surface area (Å²) in [5.41, 5.74) is 2.79. The second-order valence-corrected chi connectivity index (χ2v) is 5.65. The zero-order chi connectivity index (χ0) is 13.2. The first-order chi connectivity index (χ1) is 9.29. The number of nitrogens with one attached hydrogen (secondary N) is 1. The van der Waals surface area contributed by atoms with Crippen molar-refractivity contribution in [2.75, 3.05) is 7.11 Å². The van der Waals surface area contributed by atoms with Gasteiger partial charge in [-0.25, -0.2) is 0 Å². The minimum Gasteiger partial charge on any atom is -0.468 e. The van der Waals surface area contributed by atoms with E-state index in [1.54, 1.807) is 0 Å². The zero-order valence-electron chi connectivity index (χ0n) is 11.4. The van der Waals surface area contributed by atoms with Crippen LogP contribution in [0.25, 0.3) is 0 Å². The van der Waals surface area contributed by atoms with Crippen molar-refractivity contribution in [1.82, 2.24) is 5.32 Å². The van der Waals surface area contributed by atoms with Crippen LogP contribution in [0, 0.1) is 5.92 Å². The summed E-state index contributed by atoms with van der Waals surface area (Å²) in [5, 5.41) is 3.55. The summed E-state index contributed by atoms with van der Waals surface area (Å²) in [5.74, 6) is 0.368. The monoisotopic (exact) mass is 259 g/mol. The summed E-state index contributed by atoms with van der Waals surface area (Å²) in [6.07, 6.45) is 5.73. The fourth-order valence-corrected chi connectivity index (χ4v) is 3.10. The van der Waals surface area contributed by atoms with Gasteiger partial charge in [0.15, 0.2) is 0 Å². The lowest BCUT2D eigenvalue weighted by Gasteiger charge is -2.29. The Morgan fingerprint density at radius 3 is 2.84 bits per heavy atom. The summed E-state index contributed by atoms with van der Waals surface area (Å²) < 4.78 is 4.94. The van der Waals surface area contributed by atoms with E-state index < -0.39 is 0 Å². The average Bonchev–Trinajstić information content (AvgIpc) is 3.28. The van der Waals surface area contributed by atoms with Crippen molar-refractivity contribution in [1.29, 1.82) is 0 Å². The highest BCUT2D eigenvalue weighted by atomic mass is 16.5. The maximum Gasteiger partial charge on any atom is 0.323 e. The number of carbonyl (C=O) groups is 1. The molecule has 0 aromatic heterocycles. The summed E-state index contributed by atoms with van der Waals surface area (Å²) in [4.78, 5) is 11.9. The molecule has 102 valence electrons. The minimum absolute atomic E-state index is 0.106. The van der Waals surface area contributed by atoms with Crippen LogP contribution in [0.15, 0.2) is 24.3 Å². The number of hydrogen-bond donors (Lipinski definition) is 1. The van der Waals surface area contributed by atoms with Gasteiger partial charge in [0.1, 0.15) is 6.04 Å². The van der Waals surface area contributed by atoms with Gasteiger partial charge in [0.25, 0.3) is 0 Å². The minimum atomic E-state index is -0.124. The smallest absolute Gasteiger partial charge is 0.323 e. The van der Waals surface area contributed by atoms with E-state index in [2.05, 4.69) is 29.6 Å². The molecule has 1 N–H and O–H groups in total. The van der Waals surface area contributed by atoms with Gasteiger partial charge in [0.05, 0.1) is 7.11 Å². The van der Waals surface area contributed by atoms with Gasteiger partial charge in [0.2, 0.25) is 0 Å². The van der Waals surface area contributed by atoms with Crippen LogP contribution in [0.1, 0.15) is 42.9 Å². The molecule has 3 nitrogen and oxygen atoms in total. The van der Waals surface area contributed by atoms with Crippen LogP contribution < -0.4 is 5.32 Å². The summed E-state index contributed by atoms with van der Waals surface area (Å²) in [7, 11) is 1.48. The second kappa shape index (κ2) is 5.33. The highest BCUT2D eigenvalue weighted by Gasteiger charge is 2.38. The fourth-order valence-electron chi connectivity index (χ4n) is 3.10. The molecule has 2 aliphatic rings. The number of carbonyl (C=O) groups excluding carboxylic acids is 1. The van der Waals surface area contributed by atoms with Crippen LogP contribution in [0.4, 0.5) is 0 Å². The molecular weight excluding hydrogens is 238 g/mol. The molecule has 3 heteroatoms. The zero-order valence-corrected chi connectivity index (χ0v) is 11.4. The first-order valence-corrected chi connectivity index (χ1v) is 7.21. The van der Waals surface area contributed by atoms with Crippen molar-refractivity contribution < 1.29 is 9.53 Å². The first-order valence-electron chi connectivity index (χ1n) is 7.21. The molecule has 2 unspecified atom stereocenters. The highest BCUT2D eigenvalue weighted by molar-refractivity contribution is 5.76. The van der Waals surface area contributed by atoms with Crippen molar-refractivity contribution in [2.45, 2.75) is 44.2 Å². The normalized spacial score (nSPS) is 23.5. The Morgan fingerprint density at radius 2 is 2.11 bits per heavy atom. The molecule has 0 amide bonds. The molecule has 0 radical (unpaired) electrons. The third kappa shape index (κ3) is 2.66. The van der Waals surface area contributed by atoms with Gasteiger partial charge in [0, 0.05) is 6.04 Å². The Bertz CT molecular complexity index is 468. The Kier molecular flexibility index (Phi) is 3.56. The number of benzene rings is 1. The van der Waals surface area contributed by atoms with Crippen LogP contribution in [0.2, 0.25) is 0 Å². The standard InChI is InChI=1S/C16H21NO2/c1-19-16(18)15(12-9-10-12)17-14-8-4-6-11-5-2-3-7-13(11)14/h2-3,5,7,12,14-15,17H,4,6,8-10H2,1H3. The number of esters is 1. The lowest BCUT2D eigenvalue weighted by atomic mass is 9.87. The SMILES string of the molecule is COC(=O)C(NC1CCCc2ccccc21)C1CC1. The molecule has 2 aliphatic carbocycles. The maximum atomic E-state index is 11.9. The van der Waals surface area contributed by atoms with Crippen molar-refractivity contribution in [3.63, 3.8) is 0 Å². The van der Waals surface area contributed by atoms with Gasteiger partial charge in [-0.2, -0.15) is 0 Å². The Morgan fingerprint density at radius 1 is 1.32 bits per heavy atom. The second-order valence-electron chi connectivity index (χ2n) is 5.65. The van der Waals surface area contributed by atoms with Crippen LogP contribution in [-0.4, -0.2) is 19.1 Å². The third-order valence-electron chi connectivity index (χ3n) is 4.30. The van der Waals surface area contributed by atoms with Crippen molar-refractivity contribution in [3.8, 4) is 0 Å². The first kappa shape index (κ1) is 12.7. The Labute approximate surface area is 114 Å². The van der Waals surface area contributed by atoms with E-state index in [1.807, 2.05) is 0 Å². The van der Waals surface area contributed by atoms with E-state index in [9.17, 15) is 4.79 Å². The van der Waals surface area contributed by atoms with Gasteiger partial charge in [-0.1, -0.05) is 24.3 Å². The number of fused-ring (bicyclic) bond motifs is 1. The summed E-state index contributed by atoms with van der Waals surface area (Å²) >= 11 is 0. The Balaban J connectivity index is 1.77. The fraction of sp³-hybridized carbons (Fsp3) is 0.562. The predicted molar refractivity (Wildman–Crippen MR) is 73.8 cm³/mol. The van der Waals surface area contributed by atoms with Crippen molar-refractivity contribution >= 4 is 5.97 Å². The molecule has 2 atom stereocenters. The molecule has 1 aromatic carbocycles. The van der Waals surface area contributed by atoms with Crippen molar-refractivity contribution in [2.24, 2.45) is 5.92 Å². The number of hydrogen-bond acceptors (Lipinski definition) is 3. The number of ether oxygens (including phenoxy) is 1. The third-order valence-corrected chi connectivity index (χ3v) is 4.30. The van der Waals surface area contributed by atoms with Gasteiger partial charge < -0.3 is 4.74 Å². The highest BCUT2D eigenvalue weighted by Crippen LogP contribution is 2.36. The van der Waals surface area contributed by atoms with E-state index in [0.29, 0.717) is 12.0 Å². The van der Waals surface area contributed by atoms with E-state index in [4.69, 9.17) is 4.74 Å². The molecule has 0 bridgehead atoms. The van der Waals surface area contributed by atoms with Gasteiger partial charge in [-0.05, 0) is 49.1 Å².